The van der Waals surface area contributed by atoms with Gasteiger partial charge in [-0.2, -0.15) is 5.26 Å². The van der Waals surface area contributed by atoms with Crippen molar-refractivity contribution in [2.45, 2.75) is 18.1 Å². The summed E-state index contributed by atoms with van der Waals surface area (Å²) >= 11 is 0. The van der Waals surface area contributed by atoms with E-state index in [-0.39, 0.29) is 6.61 Å². The number of hydrogen-bond donors (Lipinski definition) is 3. The van der Waals surface area contributed by atoms with Crippen LogP contribution in [-0.4, -0.2) is 54.8 Å². The van der Waals surface area contributed by atoms with Gasteiger partial charge in [-0.25, -0.2) is 0 Å². The van der Waals surface area contributed by atoms with Crippen LogP contribution in [0.25, 0.3) is 0 Å². The smallest absolute Gasteiger partial charge is 0.137 e. The molecule has 2 atom stereocenters. The van der Waals surface area contributed by atoms with Crippen molar-refractivity contribution in [2.75, 3.05) is 32.9 Å². The molecular weight excluding hydrogens is 272 g/mol. The van der Waals surface area contributed by atoms with Crippen LogP contribution >= 0.6 is 0 Å². The van der Waals surface area contributed by atoms with Crippen LogP contribution in [0.3, 0.4) is 0 Å². The SMILES string of the molecule is N#Cc1ccccc1OCC(O)CNCC1(O)CCOC1. The van der Waals surface area contributed by atoms with Crippen molar-refractivity contribution >= 4 is 0 Å². The van der Waals surface area contributed by atoms with Gasteiger partial charge in [0.25, 0.3) is 0 Å². The molecule has 1 aliphatic rings. The number of para-hydroxylation sites is 1. The molecule has 2 rings (SSSR count). The van der Waals surface area contributed by atoms with E-state index >= 15 is 0 Å². The van der Waals surface area contributed by atoms with Gasteiger partial charge in [-0.05, 0) is 12.1 Å². The van der Waals surface area contributed by atoms with E-state index in [0.717, 1.165) is 0 Å². The van der Waals surface area contributed by atoms with Gasteiger partial charge < -0.3 is 25.0 Å². The van der Waals surface area contributed by atoms with E-state index < -0.39 is 11.7 Å². The number of benzene rings is 1. The Bertz CT molecular complexity index is 495. The third kappa shape index (κ3) is 4.69. The Balaban J connectivity index is 1.70. The minimum Gasteiger partial charge on any atom is -0.489 e. The molecule has 1 fully saturated rings. The maximum absolute atomic E-state index is 10.0. The Morgan fingerprint density at radius 2 is 2.29 bits per heavy atom. The molecule has 1 aliphatic heterocycles. The van der Waals surface area contributed by atoms with Crippen LogP contribution in [0.4, 0.5) is 0 Å². The van der Waals surface area contributed by atoms with Crippen LogP contribution in [0.2, 0.25) is 0 Å². The normalized spacial score (nSPS) is 22.7. The van der Waals surface area contributed by atoms with Crippen LogP contribution in [0.5, 0.6) is 5.75 Å². The molecule has 1 aromatic carbocycles. The highest BCUT2D eigenvalue weighted by Crippen LogP contribution is 2.17. The number of aliphatic hydroxyl groups is 2. The number of nitrogens with zero attached hydrogens (tertiary/aromatic N) is 1. The predicted molar refractivity (Wildman–Crippen MR) is 75.9 cm³/mol. The van der Waals surface area contributed by atoms with Gasteiger partial charge in [0, 0.05) is 26.1 Å². The Labute approximate surface area is 123 Å². The molecule has 0 aromatic heterocycles. The molecular formula is C15H20N2O4. The van der Waals surface area contributed by atoms with Crippen LogP contribution in [0.15, 0.2) is 24.3 Å². The average Bonchev–Trinajstić information content (AvgIpc) is 2.92. The van der Waals surface area contributed by atoms with Crippen LogP contribution in [0.1, 0.15) is 12.0 Å². The summed E-state index contributed by atoms with van der Waals surface area (Å²) in [7, 11) is 0. The minimum absolute atomic E-state index is 0.0840. The lowest BCUT2D eigenvalue weighted by Gasteiger charge is -2.22. The summed E-state index contributed by atoms with van der Waals surface area (Å²) in [4.78, 5) is 0. The summed E-state index contributed by atoms with van der Waals surface area (Å²) in [6.07, 6.45) is -0.120. The molecule has 6 nitrogen and oxygen atoms in total. The third-order valence-corrected chi connectivity index (χ3v) is 3.36. The topological polar surface area (TPSA) is 94.7 Å². The fourth-order valence-electron chi connectivity index (χ4n) is 2.14. The lowest BCUT2D eigenvalue weighted by atomic mass is 10.0. The van der Waals surface area contributed by atoms with Crippen molar-refractivity contribution in [2.24, 2.45) is 0 Å². The predicted octanol–water partition coefficient (Wildman–Crippen LogP) is 0.0390. The quantitative estimate of drug-likeness (QED) is 0.657. The van der Waals surface area contributed by atoms with Gasteiger partial charge >= 0.3 is 0 Å². The molecule has 1 aromatic rings. The van der Waals surface area contributed by atoms with Gasteiger partial charge in [-0.15, -0.1) is 0 Å². The fourth-order valence-corrected chi connectivity index (χ4v) is 2.14. The maximum Gasteiger partial charge on any atom is 0.137 e. The first-order chi connectivity index (χ1) is 10.1. The first-order valence-corrected chi connectivity index (χ1v) is 6.94. The first kappa shape index (κ1) is 15.7. The number of nitriles is 1. The zero-order valence-corrected chi connectivity index (χ0v) is 11.8. The summed E-state index contributed by atoms with van der Waals surface area (Å²) in [6, 6.07) is 8.92. The first-order valence-electron chi connectivity index (χ1n) is 6.94. The maximum atomic E-state index is 10.0. The van der Waals surface area contributed by atoms with E-state index in [1.807, 2.05) is 6.07 Å². The van der Waals surface area contributed by atoms with Crippen LogP contribution in [0, 0.1) is 11.3 Å². The number of rotatable bonds is 7. The standard InChI is InChI=1S/C15H20N2O4/c16-7-12-3-1-2-4-14(12)21-9-13(18)8-17-10-15(19)5-6-20-11-15/h1-4,13,17-19H,5-6,8-11H2. The van der Waals surface area contributed by atoms with E-state index in [9.17, 15) is 10.2 Å². The molecule has 6 heteroatoms. The molecule has 0 saturated carbocycles. The van der Waals surface area contributed by atoms with Crippen LogP contribution < -0.4 is 10.1 Å². The van der Waals surface area contributed by atoms with E-state index in [1.165, 1.54) is 0 Å². The third-order valence-electron chi connectivity index (χ3n) is 3.36. The average molecular weight is 292 g/mol. The van der Waals surface area contributed by atoms with Gasteiger partial charge in [0.15, 0.2) is 0 Å². The van der Waals surface area contributed by atoms with Gasteiger partial charge in [0.1, 0.15) is 30.1 Å². The second kappa shape index (κ2) is 7.38. The summed E-state index contributed by atoms with van der Waals surface area (Å²) in [6.45, 7) is 1.65. The van der Waals surface area contributed by atoms with E-state index in [2.05, 4.69) is 5.32 Å². The molecule has 2 unspecified atom stereocenters. The summed E-state index contributed by atoms with van der Waals surface area (Å²) < 4.78 is 10.6. The minimum atomic E-state index is -0.839. The van der Waals surface area contributed by atoms with Crippen molar-refractivity contribution < 1.29 is 19.7 Å². The van der Waals surface area contributed by atoms with Gasteiger partial charge in [-0.3, -0.25) is 0 Å². The van der Waals surface area contributed by atoms with Crippen molar-refractivity contribution in [1.29, 1.82) is 5.26 Å². The highest BCUT2D eigenvalue weighted by Gasteiger charge is 2.31. The molecule has 114 valence electrons. The van der Waals surface area contributed by atoms with E-state index in [1.54, 1.807) is 24.3 Å². The molecule has 0 spiro atoms. The van der Waals surface area contributed by atoms with E-state index in [4.69, 9.17) is 14.7 Å². The van der Waals surface area contributed by atoms with Crippen molar-refractivity contribution in [3.05, 3.63) is 29.8 Å². The largest absolute Gasteiger partial charge is 0.489 e. The Morgan fingerprint density at radius 1 is 1.48 bits per heavy atom. The number of hydrogen-bond acceptors (Lipinski definition) is 6. The van der Waals surface area contributed by atoms with Crippen molar-refractivity contribution in [3.8, 4) is 11.8 Å². The highest BCUT2D eigenvalue weighted by molar-refractivity contribution is 5.42. The molecule has 3 N–H and O–H groups in total. The highest BCUT2D eigenvalue weighted by atomic mass is 16.5. The van der Waals surface area contributed by atoms with Gasteiger partial charge in [0.2, 0.25) is 0 Å². The molecule has 0 aliphatic carbocycles. The summed E-state index contributed by atoms with van der Waals surface area (Å²) in [5.74, 6) is 0.460. The molecule has 0 amide bonds. The fraction of sp³-hybridized carbons (Fsp3) is 0.533. The lowest BCUT2D eigenvalue weighted by Crippen LogP contribution is -2.44. The van der Waals surface area contributed by atoms with Crippen molar-refractivity contribution in [1.82, 2.24) is 5.32 Å². The summed E-state index contributed by atoms with van der Waals surface area (Å²) in [5, 5.41) is 31.8. The second-order valence-corrected chi connectivity index (χ2v) is 5.23. The van der Waals surface area contributed by atoms with Gasteiger partial charge in [-0.1, -0.05) is 12.1 Å². The van der Waals surface area contributed by atoms with E-state index in [0.29, 0.717) is 44.0 Å². The Hall–Kier alpha value is -1.65. The lowest BCUT2D eigenvalue weighted by molar-refractivity contribution is 0.0226. The van der Waals surface area contributed by atoms with Gasteiger partial charge in [0.05, 0.1) is 12.2 Å². The van der Waals surface area contributed by atoms with Crippen LogP contribution in [-0.2, 0) is 4.74 Å². The number of aliphatic hydroxyl groups excluding tert-OH is 1. The molecule has 0 radical (unpaired) electrons. The summed E-state index contributed by atoms with van der Waals surface area (Å²) in [5.41, 5.74) is -0.399. The molecule has 1 heterocycles. The van der Waals surface area contributed by atoms with Crippen molar-refractivity contribution in [3.63, 3.8) is 0 Å². The zero-order chi connectivity index (χ0) is 15.1. The second-order valence-electron chi connectivity index (χ2n) is 5.23. The number of nitrogens with one attached hydrogen (secondary N) is 1. The molecule has 0 bridgehead atoms. The molecule has 21 heavy (non-hydrogen) atoms. The Kier molecular flexibility index (Phi) is 5.53. The number of ether oxygens (including phenoxy) is 2. The molecule has 1 saturated heterocycles. The zero-order valence-electron chi connectivity index (χ0n) is 11.8. The Morgan fingerprint density at radius 3 is 3.00 bits per heavy atom. The monoisotopic (exact) mass is 292 g/mol.